The molecule has 0 atom stereocenters. The molecule has 1 heterocycles. The van der Waals surface area contributed by atoms with Gasteiger partial charge in [0.15, 0.2) is 0 Å². The molecule has 0 radical (unpaired) electrons. The lowest BCUT2D eigenvalue weighted by atomic mass is 10.0. The topological polar surface area (TPSA) is 55.4 Å². The first-order chi connectivity index (χ1) is 9.11. The summed E-state index contributed by atoms with van der Waals surface area (Å²) in [6, 6.07) is 6.13. The lowest BCUT2D eigenvalue weighted by Gasteiger charge is -2.17. The Balaban J connectivity index is 1.90. The Kier molecular flexibility index (Phi) is 4.82. The number of hydrogen-bond donors (Lipinski definition) is 1. The number of sulfonamides is 1. The second-order valence-corrected chi connectivity index (χ2v) is 6.78. The Morgan fingerprint density at radius 2 is 2.21 bits per heavy atom. The zero-order valence-corrected chi connectivity index (χ0v) is 12.1. The molecule has 1 aromatic carbocycles. The smallest absolute Gasteiger partial charge is 0.211 e. The van der Waals surface area contributed by atoms with Gasteiger partial charge in [0, 0.05) is 6.54 Å². The van der Waals surface area contributed by atoms with E-state index in [2.05, 4.69) is 10.8 Å². The Labute approximate surface area is 115 Å². The largest absolute Gasteiger partial charge is 0.493 e. The highest BCUT2D eigenvalue weighted by atomic mass is 32.2. The second kappa shape index (κ2) is 6.39. The molecule has 1 N–H and O–H groups in total. The highest BCUT2D eigenvalue weighted by Crippen LogP contribution is 2.25. The van der Waals surface area contributed by atoms with Crippen molar-refractivity contribution in [2.24, 2.45) is 0 Å². The quantitative estimate of drug-likeness (QED) is 0.867. The third kappa shape index (κ3) is 4.21. The summed E-state index contributed by atoms with van der Waals surface area (Å²) in [6.45, 7) is 3.12. The van der Waals surface area contributed by atoms with Crippen molar-refractivity contribution in [2.45, 2.75) is 32.6 Å². The number of nitrogens with one attached hydrogen (secondary N) is 1. The maximum absolute atomic E-state index is 11.5. The van der Waals surface area contributed by atoms with Crippen LogP contribution >= 0.6 is 0 Å². The third-order valence-electron chi connectivity index (χ3n) is 3.18. The molecule has 4 nitrogen and oxygen atoms in total. The first-order valence-electron chi connectivity index (χ1n) is 6.82. The molecule has 2 rings (SSSR count). The van der Waals surface area contributed by atoms with Crippen molar-refractivity contribution in [3.05, 3.63) is 29.3 Å². The summed E-state index contributed by atoms with van der Waals surface area (Å²) in [5, 5.41) is 0. The van der Waals surface area contributed by atoms with Gasteiger partial charge in [0.1, 0.15) is 5.75 Å². The van der Waals surface area contributed by atoms with Crippen LogP contribution < -0.4 is 9.46 Å². The SMILES string of the molecule is CCCS(=O)(=O)NCCc1ccc2c(c1)CCCO2. The average Bonchev–Trinajstić information content (AvgIpc) is 2.38. The van der Waals surface area contributed by atoms with Crippen molar-refractivity contribution in [3.8, 4) is 5.75 Å². The van der Waals surface area contributed by atoms with Crippen LogP contribution in [0.25, 0.3) is 0 Å². The van der Waals surface area contributed by atoms with E-state index in [-0.39, 0.29) is 5.75 Å². The molecule has 1 aliphatic heterocycles. The van der Waals surface area contributed by atoms with Crippen LogP contribution in [0, 0.1) is 0 Å². The minimum Gasteiger partial charge on any atom is -0.493 e. The maximum Gasteiger partial charge on any atom is 0.211 e. The van der Waals surface area contributed by atoms with E-state index in [1.165, 1.54) is 5.56 Å². The number of fused-ring (bicyclic) bond motifs is 1. The van der Waals surface area contributed by atoms with Gasteiger partial charge >= 0.3 is 0 Å². The molecule has 1 aliphatic rings. The summed E-state index contributed by atoms with van der Waals surface area (Å²) >= 11 is 0. The molecule has 0 aliphatic carbocycles. The number of benzene rings is 1. The number of hydrogen-bond acceptors (Lipinski definition) is 3. The lowest BCUT2D eigenvalue weighted by Crippen LogP contribution is -2.28. The number of aryl methyl sites for hydroxylation is 1. The fourth-order valence-corrected chi connectivity index (χ4v) is 3.36. The van der Waals surface area contributed by atoms with Gasteiger partial charge < -0.3 is 4.74 Å². The average molecular weight is 283 g/mol. The van der Waals surface area contributed by atoms with Crippen molar-refractivity contribution in [3.63, 3.8) is 0 Å². The van der Waals surface area contributed by atoms with Crippen LogP contribution in [0.3, 0.4) is 0 Å². The molecule has 0 bridgehead atoms. The Bertz CT molecular complexity index is 525. The summed E-state index contributed by atoms with van der Waals surface area (Å²) in [5.41, 5.74) is 2.39. The van der Waals surface area contributed by atoms with Crippen molar-refractivity contribution >= 4 is 10.0 Å². The van der Waals surface area contributed by atoms with Crippen molar-refractivity contribution in [1.82, 2.24) is 4.72 Å². The van der Waals surface area contributed by atoms with Crippen molar-refractivity contribution < 1.29 is 13.2 Å². The van der Waals surface area contributed by atoms with E-state index >= 15 is 0 Å². The molecule has 106 valence electrons. The van der Waals surface area contributed by atoms with Crippen LogP contribution in [0.15, 0.2) is 18.2 Å². The zero-order chi connectivity index (χ0) is 13.7. The number of ether oxygens (including phenoxy) is 1. The Hall–Kier alpha value is -1.07. The molecule has 0 saturated heterocycles. The van der Waals surface area contributed by atoms with Crippen LogP contribution in [0.5, 0.6) is 5.75 Å². The highest BCUT2D eigenvalue weighted by Gasteiger charge is 2.11. The van der Waals surface area contributed by atoms with E-state index in [4.69, 9.17) is 4.74 Å². The van der Waals surface area contributed by atoms with Gasteiger partial charge in [-0.2, -0.15) is 0 Å². The predicted octanol–water partition coefficient (Wildman–Crippen LogP) is 1.88. The van der Waals surface area contributed by atoms with E-state index in [9.17, 15) is 8.42 Å². The van der Waals surface area contributed by atoms with E-state index in [1.807, 2.05) is 19.1 Å². The zero-order valence-electron chi connectivity index (χ0n) is 11.3. The van der Waals surface area contributed by atoms with Crippen molar-refractivity contribution in [1.29, 1.82) is 0 Å². The van der Waals surface area contributed by atoms with Gasteiger partial charge in [0.05, 0.1) is 12.4 Å². The van der Waals surface area contributed by atoms with Gasteiger partial charge in [0.25, 0.3) is 0 Å². The van der Waals surface area contributed by atoms with Crippen LogP contribution in [0.1, 0.15) is 30.9 Å². The van der Waals surface area contributed by atoms with E-state index in [1.54, 1.807) is 0 Å². The third-order valence-corrected chi connectivity index (χ3v) is 4.77. The molecule has 0 fully saturated rings. The van der Waals surface area contributed by atoms with Crippen LogP contribution in [-0.2, 0) is 22.9 Å². The molecule has 0 unspecified atom stereocenters. The molecule has 1 aromatic rings. The van der Waals surface area contributed by atoms with Crippen molar-refractivity contribution in [2.75, 3.05) is 18.9 Å². The van der Waals surface area contributed by atoms with Gasteiger partial charge in [-0.15, -0.1) is 0 Å². The van der Waals surface area contributed by atoms with E-state index in [0.29, 0.717) is 13.0 Å². The monoisotopic (exact) mass is 283 g/mol. The van der Waals surface area contributed by atoms with Gasteiger partial charge in [-0.25, -0.2) is 13.1 Å². The van der Waals surface area contributed by atoms with Crippen LogP contribution in [0.2, 0.25) is 0 Å². The first kappa shape index (κ1) is 14.3. The van der Waals surface area contributed by atoms with Gasteiger partial charge in [0.2, 0.25) is 10.0 Å². The highest BCUT2D eigenvalue weighted by molar-refractivity contribution is 7.89. The van der Waals surface area contributed by atoms with Crippen LogP contribution in [0.4, 0.5) is 0 Å². The minimum absolute atomic E-state index is 0.199. The minimum atomic E-state index is -3.09. The molecule has 0 aromatic heterocycles. The lowest BCUT2D eigenvalue weighted by molar-refractivity contribution is 0.288. The van der Waals surface area contributed by atoms with Gasteiger partial charge in [-0.3, -0.25) is 0 Å². The molecule has 5 heteroatoms. The maximum atomic E-state index is 11.5. The predicted molar refractivity (Wildman–Crippen MR) is 76.0 cm³/mol. The molecule has 0 amide bonds. The molecular weight excluding hydrogens is 262 g/mol. The Morgan fingerprint density at radius 3 is 3.00 bits per heavy atom. The summed E-state index contributed by atoms with van der Waals surface area (Å²) in [5.74, 6) is 1.17. The fourth-order valence-electron chi connectivity index (χ4n) is 2.26. The second-order valence-electron chi connectivity index (χ2n) is 4.86. The van der Waals surface area contributed by atoms with E-state index < -0.39 is 10.0 Å². The molecular formula is C14H21NO3S. The number of rotatable bonds is 6. The molecule has 19 heavy (non-hydrogen) atoms. The fraction of sp³-hybridized carbons (Fsp3) is 0.571. The first-order valence-corrected chi connectivity index (χ1v) is 8.48. The summed E-state index contributed by atoms with van der Waals surface area (Å²) in [6.07, 6.45) is 3.46. The molecule has 0 saturated carbocycles. The van der Waals surface area contributed by atoms with Crippen LogP contribution in [-0.4, -0.2) is 27.3 Å². The van der Waals surface area contributed by atoms with E-state index in [0.717, 1.165) is 37.2 Å². The normalized spacial score (nSPS) is 14.8. The standard InChI is InChI=1S/C14H21NO3S/c1-2-10-19(16,17)15-8-7-12-5-6-14-13(11-12)4-3-9-18-14/h5-6,11,15H,2-4,7-10H2,1H3. The summed E-state index contributed by atoms with van der Waals surface area (Å²) in [4.78, 5) is 0. The summed E-state index contributed by atoms with van der Waals surface area (Å²) < 4.78 is 31.2. The molecule has 0 spiro atoms. The van der Waals surface area contributed by atoms with Gasteiger partial charge in [-0.1, -0.05) is 19.1 Å². The summed E-state index contributed by atoms with van der Waals surface area (Å²) in [7, 11) is -3.09. The Morgan fingerprint density at radius 1 is 1.37 bits per heavy atom. The van der Waals surface area contributed by atoms with Gasteiger partial charge in [-0.05, 0) is 42.9 Å².